The van der Waals surface area contributed by atoms with E-state index in [9.17, 15) is 4.39 Å². The first-order chi connectivity index (χ1) is 18.5. The van der Waals surface area contributed by atoms with Crippen LogP contribution in [0.25, 0.3) is 11.0 Å². The highest BCUT2D eigenvalue weighted by molar-refractivity contribution is 6.30. The molecule has 0 radical (unpaired) electrons. The molecule has 1 saturated carbocycles. The first kappa shape index (κ1) is 25.4. The van der Waals surface area contributed by atoms with Crippen LogP contribution in [0, 0.1) is 18.7 Å². The van der Waals surface area contributed by atoms with E-state index < -0.39 is 0 Å². The average molecular weight is 533 g/mol. The number of para-hydroxylation sites is 1. The third-order valence-electron chi connectivity index (χ3n) is 8.24. The monoisotopic (exact) mass is 532 g/mol. The Labute approximate surface area is 228 Å². The van der Waals surface area contributed by atoms with Crippen LogP contribution in [0.2, 0.25) is 5.02 Å². The maximum atomic E-state index is 14.3. The Morgan fingerprint density at radius 1 is 1.03 bits per heavy atom. The molecule has 38 heavy (non-hydrogen) atoms. The van der Waals surface area contributed by atoms with Crippen molar-refractivity contribution in [3.05, 3.63) is 94.0 Å². The van der Waals surface area contributed by atoms with Crippen LogP contribution >= 0.6 is 11.6 Å². The lowest BCUT2D eigenvalue weighted by atomic mass is 9.77. The van der Waals surface area contributed by atoms with Crippen LogP contribution in [0.5, 0.6) is 5.75 Å². The first-order valence-electron chi connectivity index (χ1n) is 13.8. The van der Waals surface area contributed by atoms with Gasteiger partial charge in [-0.25, -0.2) is 9.37 Å². The number of rotatable bonds is 8. The highest BCUT2D eigenvalue weighted by Gasteiger charge is 2.27. The number of hydrogen-bond acceptors (Lipinski definition) is 3. The number of nitrogens with zero attached hydrogens (tertiary/aromatic N) is 2. The Morgan fingerprint density at radius 3 is 2.61 bits per heavy atom. The van der Waals surface area contributed by atoms with Crippen LogP contribution in [0.1, 0.15) is 60.5 Å². The van der Waals surface area contributed by atoms with Crippen molar-refractivity contribution < 1.29 is 13.9 Å². The molecular weight excluding hydrogens is 499 g/mol. The highest BCUT2D eigenvalue weighted by Crippen LogP contribution is 2.41. The van der Waals surface area contributed by atoms with Gasteiger partial charge in [-0.05, 0) is 92.3 Å². The largest absolute Gasteiger partial charge is 0.489 e. The van der Waals surface area contributed by atoms with E-state index in [2.05, 4.69) is 41.8 Å². The number of ether oxygens (including phenoxy) is 2. The quantitative estimate of drug-likeness (QED) is 0.230. The summed E-state index contributed by atoms with van der Waals surface area (Å²) < 4.78 is 28.6. The van der Waals surface area contributed by atoms with Gasteiger partial charge in [0, 0.05) is 23.6 Å². The van der Waals surface area contributed by atoms with Gasteiger partial charge in [-0.15, -0.1) is 0 Å². The van der Waals surface area contributed by atoms with E-state index in [1.54, 1.807) is 12.1 Å². The molecule has 2 aliphatic rings. The van der Waals surface area contributed by atoms with E-state index in [0.717, 1.165) is 62.9 Å². The molecule has 1 aromatic heterocycles. The second-order valence-corrected chi connectivity index (χ2v) is 11.3. The van der Waals surface area contributed by atoms with Crippen LogP contribution in [0.4, 0.5) is 4.39 Å². The Balaban J connectivity index is 1.12. The molecule has 0 spiro atoms. The van der Waals surface area contributed by atoms with Gasteiger partial charge in [0.25, 0.3) is 0 Å². The lowest BCUT2D eigenvalue weighted by Gasteiger charge is -2.31. The molecule has 0 amide bonds. The fraction of sp³-hybridized carbons (Fsp3) is 0.406. The summed E-state index contributed by atoms with van der Waals surface area (Å²) in [5.74, 6) is 2.77. The molecule has 1 atom stereocenters. The van der Waals surface area contributed by atoms with Gasteiger partial charge in [0.05, 0.1) is 23.7 Å². The minimum atomic E-state index is -0.333. The molecule has 4 aromatic rings. The van der Waals surface area contributed by atoms with Crippen LogP contribution in [-0.2, 0) is 24.3 Å². The lowest BCUT2D eigenvalue weighted by molar-refractivity contribution is -0.0590. The predicted octanol–water partition coefficient (Wildman–Crippen LogP) is 8.02. The minimum absolute atomic E-state index is 0.190. The Morgan fingerprint density at radius 2 is 1.84 bits per heavy atom. The summed E-state index contributed by atoms with van der Waals surface area (Å²) in [4.78, 5) is 5.06. The molecule has 198 valence electrons. The molecule has 0 N–H and O–H groups in total. The van der Waals surface area contributed by atoms with Crippen molar-refractivity contribution >= 4 is 22.6 Å². The summed E-state index contributed by atoms with van der Waals surface area (Å²) in [6, 6.07) is 19.5. The summed E-state index contributed by atoms with van der Waals surface area (Å²) in [7, 11) is 0. The zero-order valence-electron chi connectivity index (χ0n) is 21.8. The van der Waals surface area contributed by atoms with Gasteiger partial charge in [0.2, 0.25) is 0 Å². The van der Waals surface area contributed by atoms with Crippen molar-refractivity contribution in [2.24, 2.45) is 5.92 Å². The Bertz CT molecular complexity index is 1420. The topological polar surface area (TPSA) is 36.3 Å². The number of benzene rings is 3. The summed E-state index contributed by atoms with van der Waals surface area (Å²) >= 11 is 5.90. The smallest absolute Gasteiger partial charge is 0.131 e. The van der Waals surface area contributed by atoms with Crippen molar-refractivity contribution in [2.75, 3.05) is 6.61 Å². The fourth-order valence-electron chi connectivity index (χ4n) is 5.95. The fourth-order valence-corrected chi connectivity index (χ4v) is 6.11. The second kappa shape index (κ2) is 11.1. The summed E-state index contributed by atoms with van der Waals surface area (Å²) in [6.07, 6.45) is 6.99. The number of imidazole rings is 1. The summed E-state index contributed by atoms with van der Waals surface area (Å²) in [6.45, 7) is 4.10. The van der Waals surface area contributed by atoms with Crippen LogP contribution in [0.15, 0.2) is 60.7 Å². The Hall–Kier alpha value is -2.89. The SMILES string of the molecule is Cc1ccc2nc(CC3CCC(c4ccccc4OCc4ccc(Cl)cc4F)CC3)n(C[C@@H]3CCO3)c2c1. The van der Waals surface area contributed by atoms with E-state index in [1.807, 2.05) is 12.1 Å². The van der Waals surface area contributed by atoms with Gasteiger partial charge in [-0.3, -0.25) is 0 Å². The zero-order valence-corrected chi connectivity index (χ0v) is 22.6. The number of halogens is 2. The average Bonchev–Trinajstić information content (AvgIpc) is 3.22. The number of fused-ring (bicyclic) bond motifs is 1. The van der Waals surface area contributed by atoms with Crippen LogP contribution in [-0.4, -0.2) is 22.3 Å². The minimum Gasteiger partial charge on any atom is -0.489 e. The van der Waals surface area contributed by atoms with Crippen LogP contribution < -0.4 is 4.74 Å². The molecule has 3 aromatic carbocycles. The third kappa shape index (κ3) is 5.45. The number of aromatic nitrogens is 2. The van der Waals surface area contributed by atoms with Crippen molar-refractivity contribution in [2.45, 2.75) is 70.6 Å². The van der Waals surface area contributed by atoms with Crippen molar-refractivity contribution in [1.82, 2.24) is 9.55 Å². The molecule has 6 heteroatoms. The molecule has 1 aliphatic carbocycles. The predicted molar refractivity (Wildman–Crippen MR) is 149 cm³/mol. The van der Waals surface area contributed by atoms with Gasteiger partial charge in [0.1, 0.15) is 24.0 Å². The van der Waals surface area contributed by atoms with Gasteiger partial charge in [-0.2, -0.15) is 0 Å². The van der Waals surface area contributed by atoms with Crippen molar-refractivity contribution in [1.29, 1.82) is 0 Å². The zero-order chi connectivity index (χ0) is 26.1. The van der Waals surface area contributed by atoms with Gasteiger partial charge in [0.15, 0.2) is 0 Å². The molecule has 1 aliphatic heterocycles. The Kier molecular flexibility index (Phi) is 7.40. The summed E-state index contributed by atoms with van der Waals surface area (Å²) in [5, 5.41) is 0.394. The number of hydrogen-bond donors (Lipinski definition) is 0. The normalized spacial score (nSPS) is 21.4. The van der Waals surface area contributed by atoms with E-state index in [1.165, 1.54) is 28.5 Å². The molecular formula is C32H34ClFN2O2. The van der Waals surface area contributed by atoms with Crippen molar-refractivity contribution in [3.8, 4) is 5.75 Å². The van der Waals surface area contributed by atoms with Crippen molar-refractivity contribution in [3.63, 3.8) is 0 Å². The third-order valence-corrected chi connectivity index (χ3v) is 8.47. The molecule has 2 fully saturated rings. The van der Waals surface area contributed by atoms with E-state index in [4.69, 9.17) is 26.1 Å². The van der Waals surface area contributed by atoms with Gasteiger partial charge >= 0.3 is 0 Å². The molecule has 2 heterocycles. The summed E-state index contributed by atoms with van der Waals surface area (Å²) in [5.41, 5.74) is 5.32. The highest BCUT2D eigenvalue weighted by atomic mass is 35.5. The van der Waals surface area contributed by atoms with Crippen LogP contribution in [0.3, 0.4) is 0 Å². The molecule has 6 rings (SSSR count). The standard InChI is InChI=1S/C32H34ClFN2O2/c1-21-6-13-29-30(16-21)36(19-26-14-15-37-26)32(35-29)17-22-7-9-23(10-8-22)27-4-2-3-5-31(27)38-20-24-11-12-25(33)18-28(24)34/h2-6,11-13,16,18,22-23,26H,7-10,14-15,17,19-20H2,1H3/t22?,23?,26-/m0/s1. The van der Waals surface area contributed by atoms with E-state index >= 15 is 0 Å². The van der Waals surface area contributed by atoms with Gasteiger partial charge in [-0.1, -0.05) is 41.9 Å². The molecule has 4 nitrogen and oxygen atoms in total. The second-order valence-electron chi connectivity index (χ2n) is 10.9. The first-order valence-corrected chi connectivity index (χ1v) is 14.1. The number of aryl methyl sites for hydroxylation is 1. The molecule has 1 saturated heterocycles. The maximum absolute atomic E-state index is 14.3. The van der Waals surface area contributed by atoms with E-state index in [-0.39, 0.29) is 12.4 Å². The molecule has 0 bridgehead atoms. The lowest BCUT2D eigenvalue weighted by Crippen LogP contribution is -2.32. The van der Waals surface area contributed by atoms with E-state index in [0.29, 0.717) is 28.5 Å². The molecule has 0 unspecified atom stereocenters. The maximum Gasteiger partial charge on any atom is 0.131 e. The van der Waals surface area contributed by atoms with Gasteiger partial charge < -0.3 is 14.0 Å².